The highest BCUT2D eigenvalue weighted by molar-refractivity contribution is 5.98. The smallest absolute Gasteiger partial charge is 0.230 e. The number of pyridine rings is 2. The highest BCUT2D eigenvalue weighted by Crippen LogP contribution is 2.25. The van der Waals surface area contributed by atoms with Gasteiger partial charge < -0.3 is 9.84 Å². The molecule has 3 rings (SSSR count). The van der Waals surface area contributed by atoms with Gasteiger partial charge in [-0.25, -0.2) is 4.98 Å². The third-order valence-corrected chi connectivity index (χ3v) is 3.48. The number of aliphatic hydroxyl groups excluding tert-OH is 1. The standard InChI is InChI=1S/C19H16N2O3/c22-17(14-6-2-1-3-7-14)12-18(23)16-9-5-11-21-19(16)24-15-8-4-10-20-13-15/h1-11,13,17,22H,12H2. The van der Waals surface area contributed by atoms with Gasteiger partial charge in [0.25, 0.3) is 0 Å². The van der Waals surface area contributed by atoms with Crippen LogP contribution in [0.4, 0.5) is 0 Å². The van der Waals surface area contributed by atoms with Crippen LogP contribution in [0.2, 0.25) is 0 Å². The van der Waals surface area contributed by atoms with Crippen LogP contribution in [0.1, 0.15) is 28.4 Å². The zero-order valence-electron chi connectivity index (χ0n) is 12.9. The van der Waals surface area contributed by atoms with Crippen LogP contribution in [-0.4, -0.2) is 20.9 Å². The molecule has 0 saturated heterocycles. The second-order valence-corrected chi connectivity index (χ2v) is 5.20. The van der Waals surface area contributed by atoms with Gasteiger partial charge in [0.05, 0.1) is 17.9 Å². The minimum absolute atomic E-state index is 0.0426. The Bertz CT molecular complexity index is 807. The summed E-state index contributed by atoms with van der Waals surface area (Å²) in [5.41, 5.74) is 1.03. The molecule has 0 saturated carbocycles. The number of hydrogen-bond acceptors (Lipinski definition) is 5. The van der Waals surface area contributed by atoms with E-state index < -0.39 is 6.10 Å². The summed E-state index contributed by atoms with van der Waals surface area (Å²) in [6, 6.07) is 15.8. The third-order valence-electron chi connectivity index (χ3n) is 3.48. The zero-order valence-corrected chi connectivity index (χ0v) is 12.9. The number of hydrogen-bond donors (Lipinski definition) is 1. The van der Waals surface area contributed by atoms with Crippen molar-refractivity contribution in [1.29, 1.82) is 0 Å². The van der Waals surface area contributed by atoms with Crippen LogP contribution in [0, 0.1) is 0 Å². The summed E-state index contributed by atoms with van der Waals surface area (Å²) in [6.45, 7) is 0. The highest BCUT2D eigenvalue weighted by Gasteiger charge is 2.19. The van der Waals surface area contributed by atoms with Crippen molar-refractivity contribution in [2.75, 3.05) is 0 Å². The second-order valence-electron chi connectivity index (χ2n) is 5.20. The lowest BCUT2D eigenvalue weighted by molar-refractivity contribution is 0.0877. The normalized spacial score (nSPS) is 11.7. The average molecular weight is 320 g/mol. The van der Waals surface area contributed by atoms with Gasteiger partial charge in [0, 0.05) is 18.8 Å². The molecule has 0 spiro atoms. The summed E-state index contributed by atoms with van der Waals surface area (Å²) < 4.78 is 5.64. The van der Waals surface area contributed by atoms with Gasteiger partial charge in [-0.2, -0.15) is 0 Å². The van der Waals surface area contributed by atoms with Crippen molar-refractivity contribution in [3.63, 3.8) is 0 Å². The Morgan fingerprint density at radius 1 is 1.04 bits per heavy atom. The number of aromatic nitrogens is 2. The van der Waals surface area contributed by atoms with Crippen LogP contribution >= 0.6 is 0 Å². The molecule has 0 aliphatic rings. The first-order chi connectivity index (χ1) is 11.7. The van der Waals surface area contributed by atoms with Crippen LogP contribution in [0.25, 0.3) is 0 Å². The van der Waals surface area contributed by atoms with E-state index in [-0.39, 0.29) is 18.1 Å². The lowest BCUT2D eigenvalue weighted by atomic mass is 10.0. The fourth-order valence-electron chi connectivity index (χ4n) is 2.28. The zero-order chi connectivity index (χ0) is 16.8. The van der Waals surface area contributed by atoms with Crippen LogP contribution in [0.3, 0.4) is 0 Å². The first kappa shape index (κ1) is 15.8. The van der Waals surface area contributed by atoms with Gasteiger partial charge in [0.1, 0.15) is 5.75 Å². The van der Waals surface area contributed by atoms with Crippen molar-refractivity contribution in [2.24, 2.45) is 0 Å². The molecule has 120 valence electrons. The van der Waals surface area contributed by atoms with E-state index in [4.69, 9.17) is 4.74 Å². The number of ketones is 1. The molecule has 5 heteroatoms. The van der Waals surface area contributed by atoms with Gasteiger partial charge >= 0.3 is 0 Å². The Morgan fingerprint density at radius 3 is 2.58 bits per heavy atom. The van der Waals surface area contributed by atoms with Crippen LogP contribution < -0.4 is 4.74 Å². The molecule has 3 aromatic rings. The molecule has 0 aliphatic carbocycles. The number of nitrogens with zero attached hydrogens (tertiary/aromatic N) is 2. The van der Waals surface area contributed by atoms with E-state index in [1.165, 1.54) is 0 Å². The van der Waals surface area contributed by atoms with Crippen LogP contribution in [-0.2, 0) is 0 Å². The molecule has 2 aromatic heterocycles. The maximum atomic E-state index is 12.5. The number of benzene rings is 1. The summed E-state index contributed by atoms with van der Waals surface area (Å²) in [4.78, 5) is 20.6. The maximum absolute atomic E-state index is 12.5. The molecule has 0 radical (unpaired) electrons. The fourth-order valence-corrected chi connectivity index (χ4v) is 2.28. The molecule has 0 amide bonds. The number of ether oxygens (including phenoxy) is 1. The Morgan fingerprint density at radius 2 is 1.83 bits per heavy atom. The molecule has 2 heterocycles. The molecule has 0 fully saturated rings. The predicted octanol–water partition coefficient (Wildman–Crippen LogP) is 3.58. The Balaban J connectivity index is 1.78. The van der Waals surface area contributed by atoms with E-state index in [1.807, 2.05) is 18.2 Å². The minimum atomic E-state index is -0.870. The lowest BCUT2D eigenvalue weighted by Crippen LogP contribution is -2.09. The quantitative estimate of drug-likeness (QED) is 0.703. The first-order valence-electron chi connectivity index (χ1n) is 7.53. The summed E-state index contributed by atoms with van der Waals surface area (Å²) in [6.07, 6.45) is 3.81. The molecule has 1 aromatic carbocycles. The van der Waals surface area contributed by atoms with Crippen molar-refractivity contribution in [2.45, 2.75) is 12.5 Å². The molecule has 1 atom stereocenters. The van der Waals surface area contributed by atoms with E-state index in [9.17, 15) is 9.90 Å². The van der Waals surface area contributed by atoms with Gasteiger partial charge in [-0.1, -0.05) is 30.3 Å². The molecule has 1 unspecified atom stereocenters. The Kier molecular flexibility index (Phi) is 4.93. The van der Waals surface area contributed by atoms with E-state index in [2.05, 4.69) is 9.97 Å². The van der Waals surface area contributed by atoms with Gasteiger partial charge in [0.15, 0.2) is 5.78 Å². The molecule has 1 N–H and O–H groups in total. The van der Waals surface area contributed by atoms with Crippen molar-refractivity contribution in [1.82, 2.24) is 9.97 Å². The molecular formula is C19H16N2O3. The molecule has 0 aliphatic heterocycles. The van der Waals surface area contributed by atoms with Crippen molar-refractivity contribution in [3.05, 3.63) is 84.3 Å². The van der Waals surface area contributed by atoms with E-state index in [0.29, 0.717) is 16.9 Å². The number of carbonyl (C=O) groups is 1. The number of carbonyl (C=O) groups excluding carboxylic acids is 1. The number of rotatable bonds is 6. The largest absolute Gasteiger partial charge is 0.437 e. The maximum Gasteiger partial charge on any atom is 0.230 e. The monoisotopic (exact) mass is 320 g/mol. The van der Waals surface area contributed by atoms with Gasteiger partial charge in [-0.3, -0.25) is 9.78 Å². The van der Waals surface area contributed by atoms with Crippen molar-refractivity contribution < 1.29 is 14.6 Å². The number of Topliss-reactive ketones (excluding diaryl/α,β-unsaturated/α-hetero) is 1. The van der Waals surface area contributed by atoms with Gasteiger partial charge in [-0.15, -0.1) is 0 Å². The Hall–Kier alpha value is -3.05. The van der Waals surface area contributed by atoms with Gasteiger partial charge in [-0.05, 0) is 29.8 Å². The summed E-state index contributed by atoms with van der Waals surface area (Å²) in [5, 5.41) is 10.2. The average Bonchev–Trinajstić information content (AvgIpc) is 2.63. The van der Waals surface area contributed by atoms with E-state index in [1.54, 1.807) is 55.0 Å². The minimum Gasteiger partial charge on any atom is -0.437 e. The molecular weight excluding hydrogens is 304 g/mol. The lowest BCUT2D eigenvalue weighted by Gasteiger charge is -2.12. The van der Waals surface area contributed by atoms with Crippen molar-refractivity contribution >= 4 is 5.78 Å². The summed E-state index contributed by atoms with van der Waals surface area (Å²) in [5.74, 6) is 0.461. The van der Waals surface area contributed by atoms with Crippen LogP contribution in [0.15, 0.2) is 73.2 Å². The third kappa shape index (κ3) is 3.83. The summed E-state index contributed by atoms with van der Waals surface area (Å²) >= 11 is 0. The van der Waals surface area contributed by atoms with Crippen molar-refractivity contribution in [3.8, 4) is 11.6 Å². The highest BCUT2D eigenvalue weighted by atomic mass is 16.5. The summed E-state index contributed by atoms with van der Waals surface area (Å²) in [7, 11) is 0. The molecule has 24 heavy (non-hydrogen) atoms. The van der Waals surface area contributed by atoms with E-state index >= 15 is 0 Å². The van der Waals surface area contributed by atoms with E-state index in [0.717, 1.165) is 0 Å². The van der Waals surface area contributed by atoms with Crippen LogP contribution in [0.5, 0.6) is 11.6 Å². The van der Waals surface area contributed by atoms with Gasteiger partial charge in [0.2, 0.25) is 5.88 Å². The SMILES string of the molecule is O=C(CC(O)c1ccccc1)c1cccnc1Oc1cccnc1. The molecule has 5 nitrogen and oxygen atoms in total. The second kappa shape index (κ2) is 7.48. The fraction of sp³-hybridized carbons (Fsp3) is 0.105. The first-order valence-corrected chi connectivity index (χ1v) is 7.53. The Labute approximate surface area is 139 Å². The predicted molar refractivity (Wildman–Crippen MR) is 88.9 cm³/mol. The molecule has 0 bridgehead atoms. The topological polar surface area (TPSA) is 72.3 Å². The number of aliphatic hydroxyl groups is 1.